The van der Waals surface area contributed by atoms with E-state index in [-0.39, 0.29) is 11.9 Å². The van der Waals surface area contributed by atoms with Gasteiger partial charge >= 0.3 is 0 Å². The SMILES string of the molecule is Fc1ccccc1-c1cncc2[nH]c(-c3[nH]nc4ncc(-c5cncc(OC6CCNCC6)c5)cc34)cc12. The Kier molecular flexibility index (Phi) is 5.55. The van der Waals surface area contributed by atoms with Crippen LogP contribution in [-0.4, -0.2) is 49.3 Å². The predicted molar refractivity (Wildman–Crippen MR) is 144 cm³/mol. The zero-order chi connectivity index (χ0) is 25.5. The van der Waals surface area contributed by atoms with E-state index in [4.69, 9.17) is 4.74 Å². The Morgan fingerprint density at radius 3 is 2.58 bits per heavy atom. The van der Waals surface area contributed by atoms with Crippen molar-refractivity contribution in [1.29, 1.82) is 0 Å². The Morgan fingerprint density at radius 2 is 1.68 bits per heavy atom. The molecule has 0 atom stereocenters. The van der Waals surface area contributed by atoms with Crippen LogP contribution in [-0.2, 0) is 0 Å². The summed E-state index contributed by atoms with van der Waals surface area (Å²) in [4.78, 5) is 16.7. The van der Waals surface area contributed by atoms with Gasteiger partial charge in [0.25, 0.3) is 0 Å². The van der Waals surface area contributed by atoms with E-state index in [1.54, 1.807) is 36.9 Å². The number of pyridine rings is 3. The molecule has 0 aliphatic carbocycles. The summed E-state index contributed by atoms with van der Waals surface area (Å²) in [5.41, 5.74) is 6.07. The Morgan fingerprint density at radius 1 is 0.842 bits per heavy atom. The van der Waals surface area contributed by atoms with Crippen LogP contribution in [0.25, 0.3) is 55.6 Å². The van der Waals surface area contributed by atoms with Crippen LogP contribution in [0.5, 0.6) is 5.75 Å². The highest BCUT2D eigenvalue weighted by Gasteiger charge is 2.17. The fourth-order valence-electron chi connectivity index (χ4n) is 5.09. The van der Waals surface area contributed by atoms with Gasteiger partial charge in [-0.2, -0.15) is 5.10 Å². The van der Waals surface area contributed by atoms with Crippen LogP contribution < -0.4 is 10.1 Å². The van der Waals surface area contributed by atoms with Crippen LogP contribution in [0.1, 0.15) is 12.8 Å². The molecule has 6 aromatic rings. The molecule has 0 amide bonds. The van der Waals surface area contributed by atoms with Gasteiger partial charge < -0.3 is 15.0 Å². The summed E-state index contributed by atoms with van der Waals surface area (Å²) in [5, 5.41) is 12.6. The first kappa shape index (κ1) is 22.6. The fraction of sp³-hybridized carbons (Fsp3) is 0.172. The molecule has 0 radical (unpaired) electrons. The minimum atomic E-state index is -0.287. The van der Waals surface area contributed by atoms with Gasteiger partial charge in [0, 0.05) is 51.6 Å². The standard InChI is InChI=1S/C29H24FN7O/c30-25-4-2-1-3-21(25)24-15-33-16-27-22(24)11-26(35-27)28-23-10-18(13-34-29(23)37-36-28)17-9-20(14-32-12-17)38-19-5-7-31-8-6-19/h1-4,9-16,19,31,35H,5-8H2,(H,34,36,37). The second-order valence-corrected chi connectivity index (χ2v) is 9.48. The zero-order valence-electron chi connectivity index (χ0n) is 20.4. The van der Waals surface area contributed by atoms with Gasteiger partial charge in [-0.15, -0.1) is 0 Å². The molecule has 9 heteroatoms. The van der Waals surface area contributed by atoms with E-state index in [2.05, 4.69) is 35.5 Å². The van der Waals surface area contributed by atoms with Crippen LogP contribution in [0.4, 0.5) is 4.39 Å². The number of nitrogens with zero attached hydrogens (tertiary/aromatic N) is 4. The van der Waals surface area contributed by atoms with Gasteiger partial charge in [0.15, 0.2) is 5.65 Å². The van der Waals surface area contributed by atoms with Crippen molar-refractivity contribution >= 4 is 21.9 Å². The lowest BCUT2D eigenvalue weighted by molar-refractivity contribution is 0.162. The molecule has 8 nitrogen and oxygen atoms in total. The number of benzene rings is 1. The van der Waals surface area contributed by atoms with Crippen LogP contribution >= 0.6 is 0 Å². The molecule has 38 heavy (non-hydrogen) atoms. The number of hydrogen-bond donors (Lipinski definition) is 3. The molecule has 5 aromatic heterocycles. The van der Waals surface area contributed by atoms with Gasteiger partial charge in [0.05, 0.1) is 29.3 Å². The molecular weight excluding hydrogens is 481 g/mol. The summed E-state index contributed by atoms with van der Waals surface area (Å²) in [5.74, 6) is 0.469. The minimum absolute atomic E-state index is 0.195. The molecule has 0 bridgehead atoms. The predicted octanol–water partition coefficient (Wildman–Crippen LogP) is 5.50. The number of aromatic amines is 2. The number of ether oxygens (including phenoxy) is 1. The summed E-state index contributed by atoms with van der Waals surface area (Å²) in [7, 11) is 0. The largest absolute Gasteiger partial charge is 0.489 e. The number of H-pyrrole nitrogens is 2. The molecule has 1 saturated heterocycles. The molecular formula is C29H24FN7O. The van der Waals surface area contributed by atoms with E-state index < -0.39 is 0 Å². The van der Waals surface area contributed by atoms with E-state index in [9.17, 15) is 4.39 Å². The first-order valence-corrected chi connectivity index (χ1v) is 12.6. The summed E-state index contributed by atoms with van der Waals surface area (Å²) < 4.78 is 20.8. The van der Waals surface area contributed by atoms with Crippen LogP contribution in [0.15, 0.2) is 73.4 Å². The summed E-state index contributed by atoms with van der Waals surface area (Å²) >= 11 is 0. The second kappa shape index (κ2) is 9.35. The van der Waals surface area contributed by atoms with Gasteiger partial charge in [-0.1, -0.05) is 18.2 Å². The minimum Gasteiger partial charge on any atom is -0.489 e. The number of rotatable bonds is 5. The topological polar surface area (TPSA) is 104 Å². The average molecular weight is 506 g/mol. The third-order valence-corrected chi connectivity index (χ3v) is 7.02. The van der Waals surface area contributed by atoms with Crippen molar-refractivity contribution in [2.24, 2.45) is 0 Å². The highest BCUT2D eigenvalue weighted by atomic mass is 19.1. The maximum Gasteiger partial charge on any atom is 0.181 e. The summed E-state index contributed by atoms with van der Waals surface area (Å²) in [6, 6.07) is 12.8. The van der Waals surface area contributed by atoms with Crippen molar-refractivity contribution in [3.63, 3.8) is 0 Å². The lowest BCUT2D eigenvalue weighted by Gasteiger charge is -2.23. The van der Waals surface area contributed by atoms with Gasteiger partial charge in [0.2, 0.25) is 0 Å². The first-order valence-electron chi connectivity index (χ1n) is 12.6. The van der Waals surface area contributed by atoms with E-state index >= 15 is 0 Å². The van der Waals surface area contributed by atoms with E-state index in [0.717, 1.165) is 76.0 Å². The molecule has 0 saturated carbocycles. The molecule has 0 unspecified atom stereocenters. The van der Waals surface area contributed by atoms with Crippen LogP contribution in [0, 0.1) is 5.82 Å². The summed E-state index contributed by atoms with van der Waals surface area (Å²) in [6.07, 6.45) is 11.0. The second-order valence-electron chi connectivity index (χ2n) is 9.48. The third kappa shape index (κ3) is 4.06. The van der Waals surface area contributed by atoms with Crippen LogP contribution in [0.3, 0.4) is 0 Å². The zero-order valence-corrected chi connectivity index (χ0v) is 20.4. The third-order valence-electron chi connectivity index (χ3n) is 7.02. The molecule has 1 aliphatic heterocycles. The number of nitrogens with one attached hydrogen (secondary N) is 3. The maximum atomic E-state index is 14.6. The molecule has 7 rings (SSSR count). The van der Waals surface area contributed by atoms with Crippen molar-refractivity contribution in [3.8, 4) is 39.4 Å². The van der Waals surface area contributed by atoms with Crippen molar-refractivity contribution in [2.75, 3.05) is 13.1 Å². The van der Waals surface area contributed by atoms with Crippen molar-refractivity contribution in [1.82, 2.24) is 35.5 Å². The van der Waals surface area contributed by atoms with Gasteiger partial charge in [-0.05, 0) is 50.2 Å². The molecule has 1 aromatic carbocycles. The van der Waals surface area contributed by atoms with Crippen LogP contribution in [0.2, 0.25) is 0 Å². The smallest absolute Gasteiger partial charge is 0.181 e. The lowest BCUT2D eigenvalue weighted by atomic mass is 10.0. The Labute approximate surface area is 217 Å². The summed E-state index contributed by atoms with van der Waals surface area (Å²) in [6.45, 7) is 1.93. The van der Waals surface area contributed by atoms with Gasteiger partial charge in [-0.25, -0.2) is 9.37 Å². The number of aromatic nitrogens is 6. The van der Waals surface area contributed by atoms with Crippen molar-refractivity contribution < 1.29 is 9.13 Å². The van der Waals surface area contributed by atoms with E-state index in [1.165, 1.54) is 6.07 Å². The monoisotopic (exact) mass is 505 g/mol. The molecule has 188 valence electrons. The highest BCUT2D eigenvalue weighted by molar-refractivity contribution is 6.00. The quantitative estimate of drug-likeness (QED) is 0.286. The number of hydrogen-bond acceptors (Lipinski definition) is 6. The van der Waals surface area contributed by atoms with Gasteiger partial charge in [0.1, 0.15) is 17.7 Å². The lowest BCUT2D eigenvalue weighted by Crippen LogP contribution is -2.34. The van der Waals surface area contributed by atoms with E-state index in [1.807, 2.05) is 30.5 Å². The number of piperidine rings is 1. The number of halogens is 1. The van der Waals surface area contributed by atoms with Crippen molar-refractivity contribution in [3.05, 3.63) is 79.3 Å². The fourth-order valence-corrected chi connectivity index (χ4v) is 5.09. The van der Waals surface area contributed by atoms with E-state index in [0.29, 0.717) is 11.2 Å². The molecule has 3 N–H and O–H groups in total. The Balaban J connectivity index is 1.26. The van der Waals surface area contributed by atoms with Crippen molar-refractivity contribution in [2.45, 2.75) is 18.9 Å². The highest BCUT2D eigenvalue weighted by Crippen LogP contribution is 2.35. The van der Waals surface area contributed by atoms with Gasteiger partial charge in [-0.3, -0.25) is 15.1 Å². The maximum absolute atomic E-state index is 14.6. The first-order chi connectivity index (χ1) is 18.7. The Bertz CT molecular complexity index is 1770. The molecule has 1 fully saturated rings. The Hall–Kier alpha value is -4.63. The number of fused-ring (bicyclic) bond motifs is 2. The average Bonchev–Trinajstić information content (AvgIpc) is 3.58. The molecule has 6 heterocycles. The molecule has 0 spiro atoms. The molecule has 1 aliphatic rings. The normalized spacial score (nSPS) is 14.3.